The van der Waals surface area contributed by atoms with Crippen molar-refractivity contribution in [3.63, 3.8) is 0 Å². The largest absolute Gasteiger partial charge is 0.507 e. The normalized spacial score (nSPS) is 23.6. The quantitative estimate of drug-likeness (QED) is 0.0574. The first-order valence-corrected chi connectivity index (χ1v) is 14.7. The molecule has 10 N–H and O–H groups in total. The minimum absolute atomic E-state index is 0.0111. The Kier molecular flexibility index (Phi) is 12.5. The number of guanidine groups is 1. The minimum Gasteiger partial charge on any atom is -0.507 e. The number of carboxylic acid groups (broad SMARTS) is 1. The zero-order chi connectivity index (χ0) is 32.4. The van der Waals surface area contributed by atoms with E-state index in [2.05, 4.69) is 26.3 Å². The number of nitrogens with one attached hydrogen (secondary N) is 4. The van der Waals surface area contributed by atoms with Gasteiger partial charge in [-0.15, -0.1) is 0 Å². The molecule has 0 bridgehead atoms. The Bertz CT molecular complexity index is 1310. The second-order valence-electron chi connectivity index (χ2n) is 10.1. The van der Waals surface area contributed by atoms with E-state index in [1.807, 2.05) is 22.6 Å². The van der Waals surface area contributed by atoms with Crippen LogP contribution in [0.15, 0.2) is 23.2 Å². The summed E-state index contributed by atoms with van der Waals surface area (Å²) >= 11 is 1.90. The van der Waals surface area contributed by atoms with Crippen LogP contribution in [0.5, 0.6) is 5.75 Å². The fraction of sp³-hybridized carbons (Fsp3) is 0.500. The van der Waals surface area contributed by atoms with Crippen LogP contribution in [0.4, 0.5) is 0 Å². The van der Waals surface area contributed by atoms with Crippen LogP contribution in [0, 0.1) is 3.57 Å². The van der Waals surface area contributed by atoms with Crippen molar-refractivity contribution < 1.29 is 43.7 Å². The third-order valence-electron chi connectivity index (χ3n) is 6.81. The number of carbonyl (C=O) groups excluding carboxylic acids is 5. The molecule has 0 aromatic heterocycles. The van der Waals surface area contributed by atoms with Crippen LogP contribution in [0.1, 0.15) is 24.8 Å². The van der Waals surface area contributed by atoms with Gasteiger partial charge in [-0.3, -0.25) is 33.8 Å². The fourth-order valence-electron chi connectivity index (χ4n) is 4.63. The zero-order valence-electron chi connectivity index (χ0n) is 23.6. The molecule has 0 radical (unpaired) electrons. The number of halogens is 1. The molecule has 0 saturated carbocycles. The molecular weight excluding hydrogens is 695 g/mol. The SMILES string of the molecule is NC(N)=NCCC[C@@H]1NC(=O)[C@H]2COCCN2C(=O)[C@H](Cc2ccc(O)c(I)c2)NC(=O)[C@H](CC(=O)O)NC(=O)CNC1=O. The predicted molar refractivity (Wildman–Crippen MR) is 162 cm³/mol. The van der Waals surface area contributed by atoms with Crippen LogP contribution < -0.4 is 32.7 Å². The lowest BCUT2D eigenvalue weighted by Gasteiger charge is -2.37. The van der Waals surface area contributed by atoms with Gasteiger partial charge < -0.3 is 52.6 Å². The summed E-state index contributed by atoms with van der Waals surface area (Å²) in [7, 11) is 0. The van der Waals surface area contributed by atoms with Gasteiger partial charge in [0.15, 0.2) is 5.96 Å². The molecule has 2 saturated heterocycles. The van der Waals surface area contributed by atoms with Gasteiger partial charge in [0.05, 0.1) is 29.7 Å². The van der Waals surface area contributed by atoms with Crippen molar-refractivity contribution in [2.45, 2.75) is 49.9 Å². The minimum atomic E-state index is -1.59. The maximum atomic E-state index is 14.0. The van der Waals surface area contributed by atoms with Gasteiger partial charge in [-0.05, 0) is 53.1 Å². The lowest BCUT2D eigenvalue weighted by Crippen LogP contribution is -2.62. The van der Waals surface area contributed by atoms with Crippen molar-refractivity contribution in [2.75, 3.05) is 32.8 Å². The first-order chi connectivity index (χ1) is 20.8. The lowest BCUT2D eigenvalue weighted by atomic mass is 10.0. The van der Waals surface area contributed by atoms with Gasteiger partial charge in [-0.2, -0.15) is 0 Å². The molecule has 1 aromatic carbocycles. The molecule has 2 aliphatic rings. The standard InChI is InChI=1S/C26H35IN8O9/c27-14-8-13(3-4-19(14)36)9-17-25(43)35-6-7-44-12-18(35)24(42)33-15(2-1-5-30-26(28)29)22(40)31-11-20(37)32-16(10-21(38)39)23(41)34-17/h3-4,8,15-18,36H,1-2,5-7,9-12H2,(H,31,40)(H,32,37)(H,33,42)(H,34,41)(H,38,39)(H4,28,29,30)/t15-,16-,17-,18+/m0/s1. The molecule has 4 atom stereocenters. The molecular formula is C26H35IN8O9. The Labute approximate surface area is 265 Å². The molecule has 0 aliphatic carbocycles. The summed E-state index contributed by atoms with van der Waals surface area (Å²) in [6, 6.07) is -0.642. The number of ether oxygens (including phenoxy) is 1. The number of hydrogen-bond donors (Lipinski definition) is 8. The van der Waals surface area contributed by atoms with Gasteiger partial charge in [-0.1, -0.05) is 6.07 Å². The van der Waals surface area contributed by atoms with Crippen LogP contribution in [0.25, 0.3) is 0 Å². The summed E-state index contributed by atoms with van der Waals surface area (Å²) in [5.41, 5.74) is 11.2. The number of rotatable bonds is 8. The molecule has 2 fully saturated rings. The summed E-state index contributed by atoms with van der Waals surface area (Å²) in [5.74, 6) is -5.48. The number of aromatic hydroxyl groups is 1. The molecule has 17 nitrogen and oxygen atoms in total. The topological polar surface area (TPSA) is 268 Å². The summed E-state index contributed by atoms with van der Waals surface area (Å²) < 4.78 is 5.96. The average Bonchev–Trinajstić information content (AvgIpc) is 2.97. The van der Waals surface area contributed by atoms with Gasteiger partial charge in [-0.25, -0.2) is 0 Å². The summed E-state index contributed by atoms with van der Waals surface area (Å²) in [4.78, 5) is 83.1. The number of benzene rings is 1. The molecule has 0 spiro atoms. The highest BCUT2D eigenvalue weighted by atomic mass is 127. The van der Waals surface area contributed by atoms with Crippen LogP contribution in [-0.2, 0) is 39.9 Å². The Morgan fingerprint density at radius 3 is 2.45 bits per heavy atom. The van der Waals surface area contributed by atoms with E-state index in [4.69, 9.17) is 16.2 Å². The summed E-state index contributed by atoms with van der Waals surface area (Å²) in [6.45, 7) is -0.600. The van der Waals surface area contributed by atoms with Gasteiger partial charge in [0.25, 0.3) is 0 Å². The van der Waals surface area contributed by atoms with Crippen molar-refractivity contribution in [3.8, 4) is 5.75 Å². The number of phenols is 1. The Hall–Kier alpha value is -4.20. The molecule has 240 valence electrons. The second kappa shape index (κ2) is 16.0. The Balaban J connectivity index is 1.99. The van der Waals surface area contributed by atoms with Gasteiger partial charge in [0, 0.05) is 19.5 Å². The number of phenolic OH excluding ortho intramolecular Hbond substituents is 1. The maximum absolute atomic E-state index is 14.0. The van der Waals surface area contributed by atoms with Crippen LogP contribution >= 0.6 is 22.6 Å². The molecule has 0 unspecified atom stereocenters. The van der Waals surface area contributed by atoms with E-state index in [1.165, 1.54) is 11.0 Å². The van der Waals surface area contributed by atoms with Crippen molar-refractivity contribution in [3.05, 3.63) is 27.3 Å². The number of morpholine rings is 1. The Morgan fingerprint density at radius 1 is 1.05 bits per heavy atom. The van der Waals surface area contributed by atoms with Crippen molar-refractivity contribution in [2.24, 2.45) is 16.5 Å². The molecule has 2 aliphatic heterocycles. The molecule has 3 rings (SSSR count). The van der Waals surface area contributed by atoms with Gasteiger partial charge >= 0.3 is 5.97 Å². The molecule has 44 heavy (non-hydrogen) atoms. The van der Waals surface area contributed by atoms with Gasteiger partial charge in [0.1, 0.15) is 29.9 Å². The van der Waals surface area contributed by atoms with Crippen molar-refractivity contribution >= 4 is 64.1 Å². The molecule has 18 heteroatoms. The highest BCUT2D eigenvalue weighted by Gasteiger charge is 2.39. The molecule has 1 aromatic rings. The van der Waals surface area contributed by atoms with E-state index in [-0.39, 0.29) is 57.3 Å². The highest BCUT2D eigenvalue weighted by Crippen LogP contribution is 2.22. The number of amides is 5. The van der Waals surface area contributed by atoms with Crippen molar-refractivity contribution in [1.82, 2.24) is 26.2 Å². The van der Waals surface area contributed by atoms with E-state index in [0.717, 1.165) is 0 Å². The molecule has 5 amide bonds. The molecule has 2 heterocycles. The third kappa shape index (κ3) is 9.93. The average molecular weight is 731 g/mol. The van der Waals surface area contributed by atoms with Crippen LogP contribution in [0.3, 0.4) is 0 Å². The Morgan fingerprint density at radius 2 is 1.77 bits per heavy atom. The number of nitrogens with two attached hydrogens (primary N) is 2. The lowest BCUT2D eigenvalue weighted by molar-refractivity contribution is -0.151. The van der Waals surface area contributed by atoms with E-state index < -0.39 is 72.6 Å². The predicted octanol–water partition coefficient (Wildman–Crippen LogP) is -3.12. The highest BCUT2D eigenvalue weighted by molar-refractivity contribution is 14.1. The van der Waals surface area contributed by atoms with E-state index >= 15 is 0 Å². The summed E-state index contributed by atoms with van der Waals surface area (Å²) in [5, 5.41) is 29.2. The number of nitrogens with zero attached hydrogens (tertiary/aromatic N) is 2. The van der Waals surface area contributed by atoms with Gasteiger partial charge in [0.2, 0.25) is 29.5 Å². The van der Waals surface area contributed by atoms with Crippen LogP contribution in [0.2, 0.25) is 0 Å². The number of aliphatic carboxylic acids is 1. The monoisotopic (exact) mass is 730 g/mol. The smallest absolute Gasteiger partial charge is 0.305 e. The summed E-state index contributed by atoms with van der Waals surface area (Å²) in [6.07, 6.45) is -0.550. The first kappa shape index (κ1) is 34.3. The van der Waals surface area contributed by atoms with E-state index in [1.54, 1.807) is 12.1 Å². The first-order valence-electron chi connectivity index (χ1n) is 13.7. The number of aliphatic imine (C=N–C) groups is 1. The zero-order valence-corrected chi connectivity index (χ0v) is 25.7. The van der Waals surface area contributed by atoms with Crippen LogP contribution in [-0.4, -0.2) is 114 Å². The van der Waals surface area contributed by atoms with Crippen molar-refractivity contribution in [1.29, 1.82) is 0 Å². The fourth-order valence-corrected chi connectivity index (χ4v) is 5.21. The second-order valence-corrected chi connectivity index (χ2v) is 11.3. The maximum Gasteiger partial charge on any atom is 0.305 e. The number of fused-ring (bicyclic) bond motifs is 1. The number of hydrogen-bond acceptors (Lipinski definition) is 9. The van der Waals surface area contributed by atoms with E-state index in [9.17, 15) is 39.0 Å². The third-order valence-corrected chi connectivity index (χ3v) is 7.68. The van der Waals surface area contributed by atoms with E-state index in [0.29, 0.717) is 9.13 Å². The number of carbonyl (C=O) groups is 6. The number of carboxylic acids is 1.